The van der Waals surface area contributed by atoms with Crippen LogP contribution in [-0.2, 0) is 0 Å². The molecular weight excluding hydrogens is 250 g/mol. The van der Waals surface area contributed by atoms with E-state index in [1.54, 1.807) is 6.20 Å². The highest BCUT2D eigenvalue weighted by molar-refractivity contribution is 6.05. The maximum Gasteiger partial charge on any atom is 0.270 e. The van der Waals surface area contributed by atoms with Gasteiger partial charge in [0.15, 0.2) is 0 Å². The average molecular weight is 269 g/mol. The molecule has 1 aliphatic rings. The van der Waals surface area contributed by atoms with E-state index in [1.165, 1.54) is 0 Å². The monoisotopic (exact) mass is 269 g/mol. The van der Waals surface area contributed by atoms with E-state index in [-0.39, 0.29) is 11.9 Å². The molecule has 4 heteroatoms. The first-order chi connectivity index (χ1) is 9.75. The van der Waals surface area contributed by atoms with Gasteiger partial charge in [0, 0.05) is 17.6 Å². The average Bonchev–Trinajstić information content (AvgIpc) is 2.49. The van der Waals surface area contributed by atoms with Crippen molar-refractivity contribution in [2.24, 2.45) is 5.92 Å². The van der Waals surface area contributed by atoms with Gasteiger partial charge in [-0.2, -0.15) is 0 Å². The van der Waals surface area contributed by atoms with E-state index < -0.39 is 0 Å². The number of hydrogen-bond acceptors (Lipinski definition) is 3. The van der Waals surface area contributed by atoms with E-state index in [9.17, 15) is 4.79 Å². The van der Waals surface area contributed by atoms with Crippen molar-refractivity contribution in [1.82, 2.24) is 15.6 Å². The van der Waals surface area contributed by atoms with E-state index in [1.807, 2.05) is 30.3 Å². The van der Waals surface area contributed by atoms with Gasteiger partial charge in [-0.15, -0.1) is 0 Å². The number of hydrogen-bond donors (Lipinski definition) is 2. The van der Waals surface area contributed by atoms with Crippen LogP contribution in [-0.4, -0.2) is 30.0 Å². The maximum absolute atomic E-state index is 12.5. The number of aromatic nitrogens is 1. The predicted molar refractivity (Wildman–Crippen MR) is 79.6 cm³/mol. The molecule has 2 N–H and O–H groups in total. The van der Waals surface area contributed by atoms with Gasteiger partial charge in [-0.05, 0) is 36.9 Å². The zero-order valence-electron chi connectivity index (χ0n) is 11.6. The van der Waals surface area contributed by atoms with Crippen molar-refractivity contribution in [3.8, 4) is 0 Å². The van der Waals surface area contributed by atoms with Crippen LogP contribution >= 0.6 is 0 Å². The maximum atomic E-state index is 12.5. The summed E-state index contributed by atoms with van der Waals surface area (Å²) in [5.74, 6) is 0.378. The second-order valence-corrected chi connectivity index (χ2v) is 5.43. The van der Waals surface area contributed by atoms with Crippen LogP contribution in [0.3, 0.4) is 0 Å². The lowest BCUT2D eigenvalue weighted by Gasteiger charge is -2.30. The molecule has 4 nitrogen and oxygen atoms in total. The molecule has 0 radical (unpaired) electrons. The minimum Gasteiger partial charge on any atom is -0.348 e. The van der Waals surface area contributed by atoms with E-state index in [4.69, 9.17) is 0 Å². The topological polar surface area (TPSA) is 54.0 Å². The fraction of sp³-hybridized carbons (Fsp3) is 0.375. The van der Waals surface area contributed by atoms with Crippen molar-refractivity contribution in [3.05, 3.63) is 42.2 Å². The van der Waals surface area contributed by atoms with Crippen molar-refractivity contribution < 1.29 is 4.79 Å². The Morgan fingerprint density at radius 1 is 1.35 bits per heavy atom. The summed E-state index contributed by atoms with van der Waals surface area (Å²) >= 11 is 0. The highest BCUT2D eigenvalue weighted by Crippen LogP contribution is 2.17. The third-order valence-electron chi connectivity index (χ3n) is 3.99. The molecule has 1 aliphatic heterocycles. The first kappa shape index (κ1) is 13.1. The zero-order chi connectivity index (χ0) is 13.9. The standard InChI is InChI=1S/C16H19N3O/c1-11-10-17-8-7-14(11)19-16(20)15-13-5-3-2-4-12(13)6-9-18-15/h2-6,9,11,14,17H,7-8,10H2,1H3,(H,19,20). The lowest BCUT2D eigenvalue weighted by molar-refractivity contribution is 0.0911. The number of piperidine rings is 1. The van der Waals surface area contributed by atoms with Gasteiger partial charge in [0.25, 0.3) is 5.91 Å². The molecule has 0 spiro atoms. The largest absolute Gasteiger partial charge is 0.348 e. The summed E-state index contributed by atoms with van der Waals surface area (Å²) in [6.45, 7) is 4.07. The van der Waals surface area contributed by atoms with Crippen LogP contribution in [0.15, 0.2) is 36.5 Å². The van der Waals surface area contributed by atoms with Gasteiger partial charge in [-0.1, -0.05) is 31.2 Å². The van der Waals surface area contributed by atoms with Crippen LogP contribution in [0.4, 0.5) is 0 Å². The van der Waals surface area contributed by atoms with Crippen molar-refractivity contribution in [2.45, 2.75) is 19.4 Å². The molecule has 104 valence electrons. The van der Waals surface area contributed by atoms with Crippen molar-refractivity contribution in [3.63, 3.8) is 0 Å². The molecule has 2 atom stereocenters. The fourth-order valence-electron chi connectivity index (χ4n) is 2.77. The molecule has 1 amide bonds. The molecular formula is C16H19N3O. The second-order valence-electron chi connectivity index (χ2n) is 5.43. The Hall–Kier alpha value is -1.94. The summed E-state index contributed by atoms with van der Waals surface area (Å²) in [5, 5.41) is 8.43. The van der Waals surface area contributed by atoms with Crippen LogP contribution in [0.2, 0.25) is 0 Å². The Bertz CT molecular complexity index is 621. The molecule has 2 unspecified atom stereocenters. The minimum absolute atomic E-state index is 0.0689. The van der Waals surface area contributed by atoms with Gasteiger partial charge in [-0.3, -0.25) is 9.78 Å². The summed E-state index contributed by atoms with van der Waals surface area (Å²) in [7, 11) is 0. The van der Waals surface area contributed by atoms with E-state index in [2.05, 4.69) is 22.5 Å². The lowest BCUT2D eigenvalue weighted by Crippen LogP contribution is -2.48. The van der Waals surface area contributed by atoms with Crippen molar-refractivity contribution >= 4 is 16.7 Å². The third-order valence-corrected chi connectivity index (χ3v) is 3.99. The number of pyridine rings is 1. The van der Waals surface area contributed by atoms with Crippen LogP contribution in [0, 0.1) is 5.92 Å². The van der Waals surface area contributed by atoms with Gasteiger partial charge in [0.05, 0.1) is 0 Å². The molecule has 1 saturated heterocycles. The molecule has 3 rings (SSSR count). The molecule has 0 aliphatic carbocycles. The summed E-state index contributed by atoms with van der Waals surface area (Å²) in [4.78, 5) is 16.7. The number of carbonyl (C=O) groups is 1. The molecule has 0 saturated carbocycles. The van der Waals surface area contributed by atoms with Crippen molar-refractivity contribution in [1.29, 1.82) is 0 Å². The van der Waals surface area contributed by atoms with Gasteiger partial charge in [-0.25, -0.2) is 0 Å². The first-order valence-corrected chi connectivity index (χ1v) is 7.11. The van der Waals surface area contributed by atoms with E-state index in [0.29, 0.717) is 11.6 Å². The molecule has 1 aromatic heterocycles. The highest BCUT2D eigenvalue weighted by Gasteiger charge is 2.24. The number of benzene rings is 1. The number of nitrogens with one attached hydrogen (secondary N) is 2. The Morgan fingerprint density at radius 3 is 3.05 bits per heavy atom. The predicted octanol–water partition coefficient (Wildman–Crippen LogP) is 1.96. The smallest absolute Gasteiger partial charge is 0.270 e. The number of rotatable bonds is 2. The van der Waals surface area contributed by atoms with Crippen LogP contribution in [0.25, 0.3) is 10.8 Å². The van der Waals surface area contributed by atoms with Crippen LogP contribution in [0.1, 0.15) is 23.8 Å². The van der Waals surface area contributed by atoms with Gasteiger partial charge >= 0.3 is 0 Å². The van der Waals surface area contributed by atoms with Gasteiger partial charge in [0.2, 0.25) is 0 Å². The quantitative estimate of drug-likeness (QED) is 0.876. The Balaban J connectivity index is 1.85. The Kier molecular flexibility index (Phi) is 3.65. The normalized spacial score (nSPS) is 22.6. The van der Waals surface area contributed by atoms with E-state index >= 15 is 0 Å². The molecule has 2 aromatic rings. The zero-order valence-corrected chi connectivity index (χ0v) is 11.6. The molecule has 1 aromatic carbocycles. The number of carbonyl (C=O) groups excluding carboxylic acids is 1. The summed E-state index contributed by atoms with van der Waals surface area (Å²) in [5.41, 5.74) is 0.522. The summed E-state index contributed by atoms with van der Waals surface area (Å²) < 4.78 is 0. The number of amides is 1. The summed E-state index contributed by atoms with van der Waals surface area (Å²) in [6, 6.07) is 10.0. The Labute approximate surface area is 118 Å². The fourth-order valence-corrected chi connectivity index (χ4v) is 2.77. The van der Waals surface area contributed by atoms with Crippen LogP contribution in [0.5, 0.6) is 0 Å². The number of nitrogens with zero attached hydrogens (tertiary/aromatic N) is 1. The number of fused-ring (bicyclic) bond motifs is 1. The molecule has 1 fully saturated rings. The highest BCUT2D eigenvalue weighted by atomic mass is 16.1. The molecule has 2 heterocycles. The SMILES string of the molecule is CC1CNCCC1NC(=O)c1nccc2ccccc12. The van der Waals surface area contributed by atoms with Crippen molar-refractivity contribution in [2.75, 3.05) is 13.1 Å². The first-order valence-electron chi connectivity index (χ1n) is 7.11. The second kappa shape index (κ2) is 5.59. The Morgan fingerprint density at radius 2 is 2.20 bits per heavy atom. The molecule has 20 heavy (non-hydrogen) atoms. The van der Waals surface area contributed by atoms with Gasteiger partial charge in [0.1, 0.15) is 5.69 Å². The van der Waals surface area contributed by atoms with E-state index in [0.717, 1.165) is 30.3 Å². The van der Waals surface area contributed by atoms with Crippen LogP contribution < -0.4 is 10.6 Å². The third kappa shape index (κ3) is 2.51. The molecule has 0 bridgehead atoms. The minimum atomic E-state index is -0.0689. The summed E-state index contributed by atoms with van der Waals surface area (Å²) in [6.07, 6.45) is 2.67. The lowest BCUT2D eigenvalue weighted by atomic mass is 9.95. The van der Waals surface area contributed by atoms with Gasteiger partial charge < -0.3 is 10.6 Å².